The molecular weight excluding hydrogens is 424 g/mol. The van der Waals surface area contributed by atoms with Gasteiger partial charge < -0.3 is 20.1 Å². The zero-order chi connectivity index (χ0) is 22.8. The van der Waals surface area contributed by atoms with Crippen molar-refractivity contribution in [2.75, 3.05) is 20.8 Å². The van der Waals surface area contributed by atoms with Crippen molar-refractivity contribution in [3.8, 4) is 11.5 Å². The van der Waals surface area contributed by atoms with Gasteiger partial charge in [-0.3, -0.25) is 9.59 Å². The number of methoxy groups -OCH3 is 2. The van der Waals surface area contributed by atoms with Crippen LogP contribution in [0.15, 0.2) is 71.7 Å². The summed E-state index contributed by atoms with van der Waals surface area (Å²) in [5.41, 5.74) is 1.77. The molecular formula is C25H26N2O4S. The number of rotatable bonds is 10. The molecule has 0 aliphatic carbocycles. The Kier molecular flexibility index (Phi) is 8.45. The zero-order valence-corrected chi connectivity index (χ0v) is 18.9. The molecule has 0 aliphatic heterocycles. The van der Waals surface area contributed by atoms with E-state index < -0.39 is 5.91 Å². The molecule has 0 saturated heterocycles. The van der Waals surface area contributed by atoms with E-state index in [4.69, 9.17) is 9.47 Å². The van der Waals surface area contributed by atoms with E-state index in [-0.39, 0.29) is 11.6 Å². The van der Waals surface area contributed by atoms with Crippen LogP contribution in [0.25, 0.3) is 6.08 Å². The number of hydrogen-bond acceptors (Lipinski definition) is 5. The molecule has 1 aromatic heterocycles. The summed E-state index contributed by atoms with van der Waals surface area (Å²) in [6.45, 7) is 0.502. The predicted molar refractivity (Wildman–Crippen MR) is 127 cm³/mol. The first kappa shape index (κ1) is 23.1. The van der Waals surface area contributed by atoms with E-state index in [1.165, 1.54) is 31.1 Å². The second-order valence-electron chi connectivity index (χ2n) is 6.94. The van der Waals surface area contributed by atoms with Crippen molar-refractivity contribution in [3.63, 3.8) is 0 Å². The van der Waals surface area contributed by atoms with Crippen molar-refractivity contribution < 1.29 is 19.1 Å². The predicted octanol–water partition coefficient (Wildman–Crippen LogP) is 4.29. The average molecular weight is 451 g/mol. The molecule has 2 amide bonds. The number of carbonyl (C=O) groups excluding carboxylic acids is 2. The number of ether oxygens (including phenoxy) is 2. The summed E-state index contributed by atoms with van der Waals surface area (Å²) in [5, 5.41) is 7.55. The third-order valence-electron chi connectivity index (χ3n) is 4.74. The highest BCUT2D eigenvalue weighted by atomic mass is 32.1. The van der Waals surface area contributed by atoms with Gasteiger partial charge in [0.05, 0.1) is 14.2 Å². The standard InChI is InChI=1S/C25H26N2O4S/c1-30-22-13-12-19(16-23(22)31-2)24(28)27-21(17-20-11-7-15-32-20)25(29)26-14-6-10-18-8-4-3-5-9-18/h3-5,7-9,11-13,15-17H,6,10,14H2,1-2H3,(H,26,29)(H,27,28)/b21-17-. The van der Waals surface area contributed by atoms with Crippen molar-refractivity contribution in [1.29, 1.82) is 0 Å². The number of aryl methyl sites for hydroxylation is 1. The Morgan fingerprint density at radius 2 is 1.75 bits per heavy atom. The highest BCUT2D eigenvalue weighted by molar-refractivity contribution is 7.10. The van der Waals surface area contributed by atoms with Crippen LogP contribution in [0.5, 0.6) is 11.5 Å². The molecule has 166 valence electrons. The summed E-state index contributed by atoms with van der Waals surface area (Å²) in [6.07, 6.45) is 3.34. The fraction of sp³-hybridized carbons (Fsp3) is 0.200. The Hall–Kier alpha value is -3.58. The zero-order valence-electron chi connectivity index (χ0n) is 18.1. The van der Waals surface area contributed by atoms with Crippen LogP contribution in [-0.2, 0) is 11.2 Å². The normalized spacial score (nSPS) is 11.0. The smallest absolute Gasteiger partial charge is 0.267 e. The number of hydrogen-bond donors (Lipinski definition) is 2. The van der Waals surface area contributed by atoms with Gasteiger partial charge in [-0.15, -0.1) is 11.3 Å². The number of thiophene rings is 1. The van der Waals surface area contributed by atoms with Gasteiger partial charge >= 0.3 is 0 Å². The summed E-state index contributed by atoms with van der Waals surface area (Å²) in [7, 11) is 3.03. The van der Waals surface area contributed by atoms with E-state index in [1.54, 1.807) is 24.3 Å². The van der Waals surface area contributed by atoms with Gasteiger partial charge in [0.25, 0.3) is 11.8 Å². The van der Waals surface area contributed by atoms with E-state index in [2.05, 4.69) is 22.8 Å². The van der Waals surface area contributed by atoms with Gasteiger partial charge in [0.2, 0.25) is 0 Å². The van der Waals surface area contributed by atoms with Crippen LogP contribution in [0.3, 0.4) is 0 Å². The lowest BCUT2D eigenvalue weighted by molar-refractivity contribution is -0.117. The summed E-state index contributed by atoms with van der Waals surface area (Å²) in [4.78, 5) is 26.6. The molecule has 3 rings (SSSR count). The lowest BCUT2D eigenvalue weighted by Crippen LogP contribution is -2.35. The van der Waals surface area contributed by atoms with Crippen molar-refractivity contribution in [1.82, 2.24) is 10.6 Å². The maximum atomic E-state index is 12.8. The highest BCUT2D eigenvalue weighted by Gasteiger charge is 2.16. The minimum absolute atomic E-state index is 0.187. The molecule has 0 saturated carbocycles. The lowest BCUT2D eigenvalue weighted by Gasteiger charge is -2.12. The number of amides is 2. The van der Waals surface area contributed by atoms with Gasteiger partial charge in [0.15, 0.2) is 11.5 Å². The maximum absolute atomic E-state index is 12.8. The summed E-state index contributed by atoms with van der Waals surface area (Å²) >= 11 is 1.48. The number of nitrogens with one attached hydrogen (secondary N) is 2. The molecule has 0 radical (unpaired) electrons. The molecule has 2 aromatic carbocycles. The monoisotopic (exact) mass is 450 g/mol. The van der Waals surface area contributed by atoms with Gasteiger partial charge in [-0.05, 0) is 54.1 Å². The molecule has 0 spiro atoms. The first-order valence-corrected chi connectivity index (χ1v) is 11.1. The SMILES string of the molecule is COc1ccc(C(=O)N/C(=C\c2cccs2)C(=O)NCCCc2ccccc2)cc1OC. The molecule has 0 aliphatic rings. The summed E-state index contributed by atoms with van der Waals surface area (Å²) in [6, 6.07) is 18.7. The fourth-order valence-electron chi connectivity index (χ4n) is 3.08. The van der Waals surface area contributed by atoms with Gasteiger partial charge in [-0.1, -0.05) is 36.4 Å². The van der Waals surface area contributed by atoms with Crippen molar-refractivity contribution in [2.24, 2.45) is 0 Å². The molecule has 0 unspecified atom stereocenters. The Morgan fingerprint density at radius 3 is 2.44 bits per heavy atom. The molecule has 1 heterocycles. The maximum Gasteiger partial charge on any atom is 0.267 e. The van der Waals surface area contributed by atoms with Crippen LogP contribution >= 0.6 is 11.3 Å². The second-order valence-corrected chi connectivity index (χ2v) is 7.92. The van der Waals surface area contributed by atoms with E-state index in [0.717, 1.165) is 17.7 Å². The van der Waals surface area contributed by atoms with Gasteiger partial charge in [-0.2, -0.15) is 0 Å². The Morgan fingerprint density at radius 1 is 0.969 bits per heavy atom. The Bertz CT molecular complexity index is 1060. The summed E-state index contributed by atoms with van der Waals surface area (Å²) in [5.74, 6) is 0.220. The van der Waals surface area contributed by atoms with E-state index in [1.807, 2.05) is 35.7 Å². The first-order valence-electron chi connectivity index (χ1n) is 10.2. The van der Waals surface area contributed by atoms with Crippen LogP contribution in [0.1, 0.15) is 27.2 Å². The molecule has 0 fully saturated rings. The number of carbonyl (C=O) groups is 2. The average Bonchev–Trinajstić information content (AvgIpc) is 3.34. The molecule has 2 N–H and O–H groups in total. The molecule has 6 nitrogen and oxygen atoms in total. The minimum Gasteiger partial charge on any atom is -0.493 e. The topological polar surface area (TPSA) is 76.7 Å². The van der Waals surface area contributed by atoms with Crippen molar-refractivity contribution in [3.05, 3.63) is 87.7 Å². The molecule has 0 atom stereocenters. The van der Waals surface area contributed by atoms with Crippen LogP contribution in [0.2, 0.25) is 0 Å². The molecule has 0 bridgehead atoms. The lowest BCUT2D eigenvalue weighted by atomic mass is 10.1. The Labute approximate surface area is 191 Å². The second kappa shape index (κ2) is 11.7. The number of benzene rings is 2. The van der Waals surface area contributed by atoms with Gasteiger partial charge in [0.1, 0.15) is 5.70 Å². The van der Waals surface area contributed by atoms with Crippen LogP contribution < -0.4 is 20.1 Å². The van der Waals surface area contributed by atoms with Crippen LogP contribution in [0.4, 0.5) is 0 Å². The van der Waals surface area contributed by atoms with E-state index in [9.17, 15) is 9.59 Å². The van der Waals surface area contributed by atoms with E-state index >= 15 is 0 Å². The highest BCUT2D eigenvalue weighted by Crippen LogP contribution is 2.27. The first-order chi connectivity index (χ1) is 15.6. The third-order valence-corrected chi connectivity index (χ3v) is 5.56. The Balaban J connectivity index is 1.67. The summed E-state index contributed by atoms with van der Waals surface area (Å²) < 4.78 is 10.5. The largest absolute Gasteiger partial charge is 0.493 e. The van der Waals surface area contributed by atoms with Gasteiger partial charge in [0, 0.05) is 17.0 Å². The quantitative estimate of drug-likeness (QED) is 0.357. The molecule has 32 heavy (non-hydrogen) atoms. The molecule has 7 heteroatoms. The van der Waals surface area contributed by atoms with Gasteiger partial charge in [-0.25, -0.2) is 0 Å². The minimum atomic E-state index is -0.409. The van der Waals surface area contributed by atoms with Crippen molar-refractivity contribution >= 4 is 29.2 Å². The van der Waals surface area contributed by atoms with Crippen LogP contribution in [-0.4, -0.2) is 32.6 Å². The fourth-order valence-corrected chi connectivity index (χ4v) is 3.74. The molecule has 3 aromatic rings. The van der Waals surface area contributed by atoms with Crippen molar-refractivity contribution in [2.45, 2.75) is 12.8 Å². The third kappa shape index (κ3) is 6.46. The van der Waals surface area contributed by atoms with Crippen LogP contribution in [0, 0.1) is 0 Å². The van der Waals surface area contributed by atoms with E-state index in [0.29, 0.717) is 23.6 Å².